The number of para-hydroxylation sites is 3. The molecule has 3 aromatic carbocycles. The molecule has 2 aromatic heterocycles. The zero-order chi connectivity index (χ0) is 22.9. The summed E-state index contributed by atoms with van der Waals surface area (Å²) < 4.78 is 3.58. The standard InChI is InChI=1S/C26H23N5O2/c1-3-16-30-23-11-7-6-10-22(23)28-26(30)29-24(32)18-12-14-19(15-13-18)31-17(2)27-21-9-5-4-8-20(21)25(31)33/h4-15H,3,16H2,1-2H3,(H,28,29,32). The maximum absolute atomic E-state index is 13.0. The minimum atomic E-state index is -0.255. The highest BCUT2D eigenvalue weighted by atomic mass is 16.2. The summed E-state index contributed by atoms with van der Waals surface area (Å²) in [6.45, 7) is 4.64. The van der Waals surface area contributed by atoms with Crippen LogP contribution in [0.4, 0.5) is 5.95 Å². The van der Waals surface area contributed by atoms with Gasteiger partial charge >= 0.3 is 0 Å². The molecule has 0 spiro atoms. The number of anilines is 1. The van der Waals surface area contributed by atoms with Gasteiger partial charge in [-0.05, 0) is 61.9 Å². The number of nitrogens with one attached hydrogen (secondary N) is 1. The monoisotopic (exact) mass is 437 g/mol. The largest absolute Gasteiger partial charge is 0.310 e. The van der Waals surface area contributed by atoms with Crippen LogP contribution in [0.5, 0.6) is 0 Å². The van der Waals surface area contributed by atoms with Crippen molar-refractivity contribution >= 4 is 33.8 Å². The van der Waals surface area contributed by atoms with Crippen molar-refractivity contribution in [3.63, 3.8) is 0 Å². The van der Waals surface area contributed by atoms with E-state index in [0.717, 1.165) is 24.0 Å². The van der Waals surface area contributed by atoms with Crippen molar-refractivity contribution < 1.29 is 4.79 Å². The summed E-state index contributed by atoms with van der Waals surface area (Å²) in [6, 6.07) is 22.0. The van der Waals surface area contributed by atoms with Crippen molar-refractivity contribution in [2.24, 2.45) is 0 Å². The van der Waals surface area contributed by atoms with Gasteiger partial charge in [-0.3, -0.25) is 19.5 Å². The van der Waals surface area contributed by atoms with Gasteiger partial charge in [0.05, 0.1) is 27.6 Å². The summed E-state index contributed by atoms with van der Waals surface area (Å²) in [5.74, 6) is 0.858. The number of fused-ring (bicyclic) bond motifs is 2. The molecule has 0 radical (unpaired) electrons. The van der Waals surface area contributed by atoms with Gasteiger partial charge in [0.2, 0.25) is 5.95 Å². The number of hydrogen-bond acceptors (Lipinski definition) is 4. The molecule has 7 nitrogen and oxygen atoms in total. The van der Waals surface area contributed by atoms with Crippen LogP contribution < -0.4 is 10.9 Å². The van der Waals surface area contributed by atoms with E-state index in [9.17, 15) is 9.59 Å². The fraction of sp³-hybridized carbons (Fsp3) is 0.154. The molecule has 1 amide bonds. The minimum Gasteiger partial charge on any atom is -0.310 e. The Bertz CT molecular complexity index is 1550. The number of imidazole rings is 1. The lowest BCUT2D eigenvalue weighted by Gasteiger charge is -2.12. The lowest BCUT2D eigenvalue weighted by Crippen LogP contribution is -2.22. The summed E-state index contributed by atoms with van der Waals surface area (Å²) in [4.78, 5) is 35.1. The van der Waals surface area contributed by atoms with Crippen LogP contribution in [0.15, 0.2) is 77.6 Å². The Morgan fingerprint density at radius 3 is 2.36 bits per heavy atom. The number of rotatable bonds is 5. The molecule has 1 N–H and O–H groups in total. The topological polar surface area (TPSA) is 81.8 Å². The maximum atomic E-state index is 13.0. The molecular formula is C26H23N5O2. The van der Waals surface area contributed by atoms with E-state index in [4.69, 9.17) is 0 Å². The fourth-order valence-corrected chi connectivity index (χ4v) is 4.10. The van der Waals surface area contributed by atoms with E-state index >= 15 is 0 Å². The molecule has 2 heterocycles. The summed E-state index contributed by atoms with van der Waals surface area (Å²) in [5.41, 5.74) is 3.50. The third kappa shape index (κ3) is 3.67. The van der Waals surface area contributed by atoms with Crippen molar-refractivity contribution in [2.45, 2.75) is 26.8 Å². The number of amides is 1. The zero-order valence-electron chi connectivity index (χ0n) is 18.4. The number of benzene rings is 3. The van der Waals surface area contributed by atoms with Crippen LogP contribution in [0.25, 0.3) is 27.6 Å². The van der Waals surface area contributed by atoms with E-state index in [2.05, 4.69) is 22.2 Å². The van der Waals surface area contributed by atoms with E-state index in [-0.39, 0.29) is 11.5 Å². The van der Waals surface area contributed by atoms with Crippen molar-refractivity contribution in [1.82, 2.24) is 19.1 Å². The first-order valence-electron chi connectivity index (χ1n) is 10.9. The SMILES string of the molecule is CCCn1c(NC(=O)c2ccc(-n3c(C)nc4ccccc4c3=O)cc2)nc2ccccc21. The number of aryl methyl sites for hydroxylation is 2. The van der Waals surface area contributed by atoms with Crippen molar-refractivity contribution in [1.29, 1.82) is 0 Å². The molecule has 164 valence electrons. The van der Waals surface area contributed by atoms with E-state index in [1.807, 2.05) is 47.0 Å². The first-order chi connectivity index (χ1) is 16.1. The zero-order valence-corrected chi connectivity index (χ0v) is 18.4. The van der Waals surface area contributed by atoms with Gasteiger partial charge in [0, 0.05) is 12.1 Å². The predicted octanol–water partition coefficient (Wildman–Crippen LogP) is 4.71. The molecule has 5 aromatic rings. The summed E-state index contributed by atoms with van der Waals surface area (Å²) in [7, 11) is 0. The van der Waals surface area contributed by atoms with Gasteiger partial charge in [-0.15, -0.1) is 0 Å². The van der Waals surface area contributed by atoms with Gasteiger partial charge in [-0.25, -0.2) is 9.97 Å². The predicted molar refractivity (Wildman–Crippen MR) is 130 cm³/mol. The summed E-state index contributed by atoms with van der Waals surface area (Å²) in [6.07, 6.45) is 0.922. The molecule has 7 heteroatoms. The number of hydrogen-bond donors (Lipinski definition) is 1. The molecule has 0 atom stereocenters. The number of carbonyl (C=O) groups is 1. The van der Waals surface area contributed by atoms with Gasteiger partial charge < -0.3 is 4.57 Å². The number of carbonyl (C=O) groups excluding carboxylic acids is 1. The van der Waals surface area contributed by atoms with Crippen LogP contribution in [0.1, 0.15) is 29.5 Å². The average molecular weight is 438 g/mol. The molecule has 0 bridgehead atoms. The fourth-order valence-electron chi connectivity index (χ4n) is 4.10. The normalized spacial score (nSPS) is 11.2. The second-order valence-electron chi connectivity index (χ2n) is 7.89. The Labute approximate surface area is 190 Å². The number of nitrogens with zero attached hydrogens (tertiary/aromatic N) is 4. The van der Waals surface area contributed by atoms with Gasteiger partial charge in [0.1, 0.15) is 5.82 Å². The van der Waals surface area contributed by atoms with Gasteiger partial charge in [-0.2, -0.15) is 0 Å². The quantitative estimate of drug-likeness (QED) is 0.432. The minimum absolute atomic E-state index is 0.136. The third-order valence-corrected chi connectivity index (χ3v) is 5.66. The molecule has 0 unspecified atom stereocenters. The van der Waals surface area contributed by atoms with Gasteiger partial charge in [0.15, 0.2) is 0 Å². The molecule has 0 saturated carbocycles. The molecular weight excluding hydrogens is 414 g/mol. The van der Waals surface area contributed by atoms with E-state index in [1.54, 1.807) is 41.8 Å². The molecule has 0 aliphatic heterocycles. The molecule has 0 saturated heterocycles. The molecule has 33 heavy (non-hydrogen) atoms. The van der Waals surface area contributed by atoms with E-state index in [0.29, 0.717) is 33.9 Å². The molecule has 0 aliphatic carbocycles. The molecule has 5 rings (SSSR count). The Balaban J connectivity index is 1.46. The Morgan fingerprint density at radius 2 is 1.61 bits per heavy atom. The van der Waals surface area contributed by atoms with Crippen LogP contribution in [0.3, 0.4) is 0 Å². The number of aromatic nitrogens is 4. The average Bonchev–Trinajstić information content (AvgIpc) is 3.17. The summed E-state index contributed by atoms with van der Waals surface area (Å²) in [5, 5.41) is 3.49. The van der Waals surface area contributed by atoms with Gasteiger partial charge in [0.25, 0.3) is 11.5 Å². The molecule has 0 aliphatic rings. The van der Waals surface area contributed by atoms with Crippen molar-refractivity contribution in [3.05, 3.63) is 94.5 Å². The first-order valence-corrected chi connectivity index (χ1v) is 10.9. The highest BCUT2D eigenvalue weighted by molar-refractivity contribution is 6.04. The highest BCUT2D eigenvalue weighted by Crippen LogP contribution is 2.21. The smallest absolute Gasteiger partial charge is 0.265 e. The Kier molecular flexibility index (Phi) is 5.22. The second kappa shape index (κ2) is 8.35. The lowest BCUT2D eigenvalue weighted by atomic mass is 10.2. The summed E-state index contributed by atoms with van der Waals surface area (Å²) >= 11 is 0. The van der Waals surface area contributed by atoms with Crippen molar-refractivity contribution in [2.75, 3.05) is 5.32 Å². The van der Waals surface area contributed by atoms with Crippen LogP contribution in [0, 0.1) is 6.92 Å². The first kappa shape index (κ1) is 20.6. The van der Waals surface area contributed by atoms with Crippen LogP contribution in [0.2, 0.25) is 0 Å². The lowest BCUT2D eigenvalue weighted by molar-refractivity contribution is 0.102. The van der Waals surface area contributed by atoms with E-state index < -0.39 is 0 Å². The Hall–Kier alpha value is -4.26. The van der Waals surface area contributed by atoms with Crippen LogP contribution >= 0.6 is 0 Å². The molecule has 0 fully saturated rings. The Morgan fingerprint density at radius 1 is 0.909 bits per heavy atom. The van der Waals surface area contributed by atoms with Crippen LogP contribution in [-0.4, -0.2) is 25.0 Å². The maximum Gasteiger partial charge on any atom is 0.265 e. The second-order valence-corrected chi connectivity index (χ2v) is 7.89. The van der Waals surface area contributed by atoms with Crippen molar-refractivity contribution in [3.8, 4) is 5.69 Å². The van der Waals surface area contributed by atoms with E-state index in [1.165, 1.54) is 0 Å². The highest BCUT2D eigenvalue weighted by Gasteiger charge is 2.15. The third-order valence-electron chi connectivity index (χ3n) is 5.66. The van der Waals surface area contributed by atoms with Crippen LogP contribution in [-0.2, 0) is 6.54 Å². The van der Waals surface area contributed by atoms with Gasteiger partial charge in [-0.1, -0.05) is 31.2 Å².